The minimum Gasteiger partial charge on any atom is -0.508 e. The van der Waals surface area contributed by atoms with Gasteiger partial charge in [0, 0.05) is 11.3 Å². The van der Waals surface area contributed by atoms with Crippen LogP contribution < -0.4 is 4.72 Å². The number of ether oxygens (including phenoxy) is 1. The van der Waals surface area contributed by atoms with Crippen LogP contribution in [0.3, 0.4) is 0 Å². The van der Waals surface area contributed by atoms with Crippen molar-refractivity contribution in [3.8, 4) is 5.75 Å². The number of rotatable bonds is 7. The highest BCUT2D eigenvalue weighted by Gasteiger charge is 2.48. The topological polar surface area (TPSA) is 110 Å². The Bertz CT molecular complexity index is 1040. The van der Waals surface area contributed by atoms with Gasteiger partial charge in [-0.25, -0.2) is 8.42 Å². The molecule has 0 aliphatic rings. The lowest BCUT2D eigenvalue weighted by molar-refractivity contribution is -0.178. The quantitative estimate of drug-likeness (QED) is 0.384. The Labute approximate surface area is 170 Å². The summed E-state index contributed by atoms with van der Waals surface area (Å²) in [7, 11) is -4.11. The molecule has 2 aromatic carbocycles. The van der Waals surface area contributed by atoms with Gasteiger partial charge in [-0.3, -0.25) is 14.3 Å². The van der Waals surface area contributed by atoms with E-state index >= 15 is 0 Å². The smallest absolute Gasteiger partial charge is 0.451 e. The fraction of sp³-hybridized carbons (Fsp3) is 0.263. The molecular weight excluding hydrogens is 427 g/mol. The van der Waals surface area contributed by atoms with Gasteiger partial charge in [-0.2, -0.15) is 13.2 Å². The van der Waals surface area contributed by atoms with Crippen LogP contribution in [0.5, 0.6) is 5.75 Å². The lowest BCUT2D eigenvalue weighted by Gasteiger charge is -2.20. The van der Waals surface area contributed by atoms with E-state index in [0.717, 1.165) is 18.2 Å². The van der Waals surface area contributed by atoms with Gasteiger partial charge in [0.05, 0.1) is 11.0 Å². The van der Waals surface area contributed by atoms with Crippen LogP contribution in [0.4, 0.5) is 18.9 Å². The highest BCUT2D eigenvalue weighted by Crippen LogP contribution is 2.35. The summed E-state index contributed by atoms with van der Waals surface area (Å²) in [4.78, 5) is 24.0. The molecule has 0 radical (unpaired) electrons. The monoisotopic (exact) mass is 445 g/mol. The van der Waals surface area contributed by atoms with Crippen LogP contribution in [0.2, 0.25) is 0 Å². The summed E-state index contributed by atoms with van der Waals surface area (Å²) in [5.41, 5.74) is -1.000. The molecule has 0 bridgehead atoms. The van der Waals surface area contributed by atoms with Crippen LogP contribution in [-0.4, -0.2) is 37.6 Å². The number of carbonyl (C=O) groups is 2. The Morgan fingerprint density at radius 2 is 1.67 bits per heavy atom. The Morgan fingerprint density at radius 1 is 1.07 bits per heavy atom. The second-order valence-corrected chi connectivity index (χ2v) is 8.16. The second-order valence-electron chi connectivity index (χ2n) is 6.47. The molecule has 0 fully saturated rings. The van der Waals surface area contributed by atoms with Gasteiger partial charge in [0.2, 0.25) is 0 Å². The number of aromatic hydroxyl groups is 1. The molecule has 162 valence electrons. The third-order valence-corrected chi connectivity index (χ3v) is 5.17. The number of phenolic OH excluding ortho intramolecular Hbond substituents is 1. The fourth-order valence-electron chi connectivity index (χ4n) is 2.50. The number of benzene rings is 2. The number of carbonyl (C=O) groups excluding carboxylic acids is 2. The van der Waals surface area contributed by atoms with E-state index in [1.165, 1.54) is 38.1 Å². The normalized spacial score (nSPS) is 13.0. The van der Waals surface area contributed by atoms with Gasteiger partial charge in [0.1, 0.15) is 5.75 Å². The molecule has 0 saturated heterocycles. The molecule has 0 aliphatic carbocycles. The van der Waals surface area contributed by atoms with Crippen LogP contribution in [0.1, 0.15) is 25.3 Å². The standard InChI is InChI=1S/C19H18F3NO6S/c1-11(2)29-18(26)16(17(25)19(20,21)22)14-10-12(8-9-15(14)24)23-30(27,28)13-6-4-3-5-7-13/h3-11,16,23-24H,1-2H3/t16-/m0/s1. The molecular formula is C19H18F3NO6S. The fourth-order valence-corrected chi connectivity index (χ4v) is 3.57. The molecule has 2 rings (SSSR count). The summed E-state index contributed by atoms with van der Waals surface area (Å²) in [6.07, 6.45) is -6.23. The first-order valence-electron chi connectivity index (χ1n) is 8.55. The maximum atomic E-state index is 13.1. The number of alkyl halides is 3. The number of Topliss-reactive ketones (excluding diaryl/α,β-unsaturated/α-hetero) is 1. The number of hydrogen-bond donors (Lipinski definition) is 2. The average Bonchev–Trinajstić information content (AvgIpc) is 2.63. The molecule has 0 aliphatic heterocycles. The molecule has 0 spiro atoms. The zero-order valence-electron chi connectivity index (χ0n) is 15.8. The van der Waals surface area contributed by atoms with Crippen molar-refractivity contribution >= 4 is 27.5 Å². The second kappa shape index (κ2) is 8.74. The van der Waals surface area contributed by atoms with E-state index in [9.17, 15) is 36.3 Å². The number of esters is 1. The summed E-state index contributed by atoms with van der Waals surface area (Å²) in [5.74, 6) is -7.30. The van der Waals surface area contributed by atoms with Gasteiger partial charge >= 0.3 is 12.1 Å². The molecule has 7 nitrogen and oxygen atoms in total. The molecule has 2 aromatic rings. The molecule has 0 heterocycles. The van der Waals surface area contributed by atoms with Gasteiger partial charge in [-0.15, -0.1) is 0 Å². The lowest BCUT2D eigenvalue weighted by Crippen LogP contribution is -2.35. The maximum Gasteiger partial charge on any atom is 0.451 e. The van der Waals surface area contributed by atoms with Crippen LogP contribution in [-0.2, 0) is 24.3 Å². The molecule has 11 heteroatoms. The van der Waals surface area contributed by atoms with Crippen molar-refractivity contribution < 1.29 is 41.0 Å². The minimum absolute atomic E-state index is 0.123. The number of halogens is 3. The molecule has 2 N–H and O–H groups in total. The van der Waals surface area contributed by atoms with Gasteiger partial charge < -0.3 is 9.84 Å². The number of ketones is 1. The molecule has 0 amide bonds. The minimum atomic E-state index is -5.40. The van der Waals surface area contributed by atoms with Crippen molar-refractivity contribution in [3.05, 3.63) is 54.1 Å². The van der Waals surface area contributed by atoms with Crippen LogP contribution in [0.25, 0.3) is 0 Å². The first kappa shape index (κ1) is 23.2. The molecule has 1 atom stereocenters. The van der Waals surface area contributed by atoms with Crippen LogP contribution >= 0.6 is 0 Å². The third kappa shape index (κ3) is 5.50. The van der Waals surface area contributed by atoms with Crippen molar-refractivity contribution in [2.45, 2.75) is 36.9 Å². The summed E-state index contributed by atoms with van der Waals surface area (Å²) < 4.78 is 70.9. The summed E-state index contributed by atoms with van der Waals surface area (Å²) >= 11 is 0. The van der Waals surface area contributed by atoms with E-state index in [2.05, 4.69) is 4.72 Å². The number of hydrogen-bond acceptors (Lipinski definition) is 6. The summed E-state index contributed by atoms with van der Waals surface area (Å²) in [6.45, 7) is 2.74. The van der Waals surface area contributed by atoms with Gasteiger partial charge in [0.25, 0.3) is 15.8 Å². The maximum absolute atomic E-state index is 13.1. The number of nitrogens with one attached hydrogen (secondary N) is 1. The third-order valence-electron chi connectivity index (χ3n) is 3.77. The average molecular weight is 445 g/mol. The Balaban J connectivity index is 2.50. The number of sulfonamides is 1. The summed E-state index contributed by atoms with van der Waals surface area (Å²) in [5, 5.41) is 10.0. The Kier molecular flexibility index (Phi) is 6.76. The van der Waals surface area contributed by atoms with Crippen LogP contribution in [0.15, 0.2) is 53.4 Å². The van der Waals surface area contributed by atoms with Gasteiger partial charge in [-0.05, 0) is 44.2 Å². The summed E-state index contributed by atoms with van der Waals surface area (Å²) in [6, 6.07) is 9.84. The molecule has 0 aromatic heterocycles. The predicted molar refractivity (Wildman–Crippen MR) is 100 cm³/mol. The van der Waals surface area contributed by atoms with Crippen molar-refractivity contribution in [3.63, 3.8) is 0 Å². The molecule has 0 saturated carbocycles. The van der Waals surface area contributed by atoms with E-state index in [0.29, 0.717) is 0 Å². The van der Waals surface area contributed by atoms with Crippen molar-refractivity contribution in [1.82, 2.24) is 0 Å². The van der Waals surface area contributed by atoms with Gasteiger partial charge in [-0.1, -0.05) is 18.2 Å². The van der Waals surface area contributed by atoms with E-state index in [1.807, 2.05) is 0 Å². The zero-order chi connectivity index (χ0) is 22.7. The van der Waals surface area contributed by atoms with E-state index in [1.54, 1.807) is 6.07 Å². The van der Waals surface area contributed by atoms with Crippen molar-refractivity contribution in [2.24, 2.45) is 0 Å². The van der Waals surface area contributed by atoms with E-state index in [-0.39, 0.29) is 10.6 Å². The van der Waals surface area contributed by atoms with Crippen molar-refractivity contribution in [1.29, 1.82) is 0 Å². The Morgan fingerprint density at radius 3 is 2.20 bits per heavy atom. The largest absolute Gasteiger partial charge is 0.508 e. The van der Waals surface area contributed by atoms with E-state index < -0.39 is 51.3 Å². The molecule has 30 heavy (non-hydrogen) atoms. The van der Waals surface area contributed by atoms with Gasteiger partial charge in [0.15, 0.2) is 5.92 Å². The van der Waals surface area contributed by atoms with Crippen molar-refractivity contribution in [2.75, 3.05) is 4.72 Å². The molecule has 0 unspecified atom stereocenters. The highest BCUT2D eigenvalue weighted by atomic mass is 32.2. The van der Waals surface area contributed by atoms with E-state index in [4.69, 9.17) is 4.74 Å². The number of anilines is 1. The number of phenols is 1. The Hall–Kier alpha value is -3.08. The first-order chi connectivity index (χ1) is 13.8. The lowest BCUT2D eigenvalue weighted by atomic mass is 9.93. The highest BCUT2D eigenvalue weighted by molar-refractivity contribution is 7.92. The van der Waals surface area contributed by atoms with Crippen LogP contribution in [0, 0.1) is 0 Å². The predicted octanol–water partition coefficient (Wildman–Crippen LogP) is 3.36. The first-order valence-corrected chi connectivity index (χ1v) is 10.0. The SMILES string of the molecule is CC(C)OC(=O)[C@H](C(=O)C(F)(F)F)c1cc(NS(=O)(=O)c2ccccc2)ccc1O. The zero-order valence-corrected chi connectivity index (χ0v) is 16.6.